The fraction of sp³-hybridized carbons (Fsp3) is 1.00. The fourth-order valence-corrected chi connectivity index (χ4v) is 3.86. The minimum absolute atomic E-state index is 0.290. The molecule has 0 aromatic rings. The summed E-state index contributed by atoms with van der Waals surface area (Å²) in [5.74, 6) is 2.17. The molecule has 2 fully saturated rings. The van der Waals surface area contributed by atoms with Crippen LogP contribution in [0.2, 0.25) is 0 Å². The summed E-state index contributed by atoms with van der Waals surface area (Å²) < 4.78 is 22.1. The molecule has 0 amide bonds. The molecule has 88 valence electrons. The Kier molecular flexibility index (Phi) is 2.84. The van der Waals surface area contributed by atoms with Gasteiger partial charge >= 0.3 is 0 Å². The van der Waals surface area contributed by atoms with Gasteiger partial charge in [-0.05, 0) is 55.9 Å². The van der Waals surface area contributed by atoms with Crippen LogP contribution < -0.4 is 5.73 Å². The standard InChI is InChI=1S/C11H21NO2S/c1-15(13,14)4-2-3-11(8-12)6-9-5-10(9)7-11/h9-10H,2-8,12H2,1H3. The van der Waals surface area contributed by atoms with Gasteiger partial charge in [-0.3, -0.25) is 0 Å². The second kappa shape index (κ2) is 3.74. The molecule has 2 atom stereocenters. The van der Waals surface area contributed by atoms with Crippen molar-refractivity contribution in [3.05, 3.63) is 0 Å². The lowest BCUT2D eigenvalue weighted by Gasteiger charge is -2.29. The maximum absolute atomic E-state index is 11.0. The molecule has 4 heteroatoms. The van der Waals surface area contributed by atoms with Crippen LogP contribution in [0.5, 0.6) is 0 Å². The Bertz CT molecular complexity index is 326. The molecule has 0 saturated heterocycles. The summed E-state index contributed by atoms with van der Waals surface area (Å²) in [6.07, 6.45) is 7.00. The summed E-state index contributed by atoms with van der Waals surface area (Å²) >= 11 is 0. The number of hydrogen-bond acceptors (Lipinski definition) is 3. The molecule has 0 radical (unpaired) electrons. The largest absolute Gasteiger partial charge is 0.330 e. The van der Waals surface area contributed by atoms with Crippen molar-refractivity contribution in [1.29, 1.82) is 0 Å². The third-order valence-corrected chi connectivity index (χ3v) is 5.14. The number of nitrogens with two attached hydrogens (primary N) is 1. The normalized spacial score (nSPS) is 39.1. The summed E-state index contributed by atoms with van der Waals surface area (Å²) in [6.45, 7) is 0.740. The zero-order valence-electron chi connectivity index (χ0n) is 9.41. The highest BCUT2D eigenvalue weighted by Gasteiger charge is 2.52. The lowest BCUT2D eigenvalue weighted by Crippen LogP contribution is -2.29. The van der Waals surface area contributed by atoms with Gasteiger partial charge in [0, 0.05) is 12.0 Å². The zero-order valence-corrected chi connectivity index (χ0v) is 10.2. The molecule has 0 aromatic carbocycles. The second-order valence-corrected chi connectivity index (χ2v) is 7.86. The molecular weight excluding hydrogens is 210 g/mol. The van der Waals surface area contributed by atoms with Gasteiger partial charge in [0.15, 0.2) is 0 Å². The number of sulfone groups is 1. The van der Waals surface area contributed by atoms with E-state index in [1.165, 1.54) is 25.5 Å². The number of hydrogen-bond donors (Lipinski definition) is 1. The molecule has 0 spiro atoms. The fourth-order valence-electron chi connectivity index (χ4n) is 3.19. The number of rotatable bonds is 5. The van der Waals surface area contributed by atoms with Crippen molar-refractivity contribution in [2.75, 3.05) is 18.6 Å². The summed E-state index contributed by atoms with van der Waals surface area (Å²) in [5.41, 5.74) is 6.14. The first-order chi connectivity index (χ1) is 6.94. The molecule has 0 heterocycles. The van der Waals surface area contributed by atoms with E-state index in [0.29, 0.717) is 5.75 Å². The van der Waals surface area contributed by atoms with Gasteiger partial charge in [-0.15, -0.1) is 0 Å². The first-order valence-corrected chi connectivity index (χ1v) is 7.88. The van der Waals surface area contributed by atoms with Gasteiger partial charge in [0.2, 0.25) is 0 Å². The van der Waals surface area contributed by atoms with Crippen molar-refractivity contribution < 1.29 is 8.42 Å². The monoisotopic (exact) mass is 231 g/mol. The molecule has 2 rings (SSSR count). The van der Waals surface area contributed by atoms with Gasteiger partial charge in [-0.2, -0.15) is 0 Å². The lowest BCUT2D eigenvalue weighted by molar-refractivity contribution is 0.250. The molecule has 2 aliphatic rings. The zero-order chi connectivity index (χ0) is 11.1. The van der Waals surface area contributed by atoms with Crippen LogP contribution in [0.3, 0.4) is 0 Å². The highest BCUT2D eigenvalue weighted by molar-refractivity contribution is 7.90. The van der Waals surface area contributed by atoms with Crippen molar-refractivity contribution >= 4 is 9.84 Å². The summed E-state index contributed by atoms with van der Waals surface area (Å²) in [5, 5.41) is 0. The van der Waals surface area contributed by atoms with E-state index in [4.69, 9.17) is 5.73 Å². The molecule has 2 aliphatic carbocycles. The maximum Gasteiger partial charge on any atom is 0.147 e. The Morgan fingerprint density at radius 2 is 1.93 bits per heavy atom. The van der Waals surface area contributed by atoms with Crippen LogP contribution in [-0.2, 0) is 9.84 Å². The van der Waals surface area contributed by atoms with E-state index in [-0.39, 0.29) is 5.41 Å². The minimum Gasteiger partial charge on any atom is -0.330 e. The quantitative estimate of drug-likeness (QED) is 0.773. The van der Waals surface area contributed by atoms with Crippen LogP contribution in [0.15, 0.2) is 0 Å². The summed E-state index contributed by atoms with van der Waals surface area (Å²) in [7, 11) is -2.79. The van der Waals surface area contributed by atoms with E-state index >= 15 is 0 Å². The second-order valence-electron chi connectivity index (χ2n) is 5.60. The van der Waals surface area contributed by atoms with E-state index in [9.17, 15) is 8.42 Å². The van der Waals surface area contributed by atoms with Crippen molar-refractivity contribution in [1.82, 2.24) is 0 Å². The predicted molar refractivity (Wildman–Crippen MR) is 61.3 cm³/mol. The Morgan fingerprint density at radius 3 is 2.40 bits per heavy atom. The third-order valence-electron chi connectivity index (χ3n) is 4.11. The van der Waals surface area contributed by atoms with Crippen molar-refractivity contribution in [3.8, 4) is 0 Å². The first kappa shape index (κ1) is 11.4. The summed E-state index contributed by atoms with van der Waals surface area (Å²) in [4.78, 5) is 0. The molecule has 0 bridgehead atoms. The lowest BCUT2D eigenvalue weighted by atomic mass is 9.79. The van der Waals surface area contributed by atoms with Crippen molar-refractivity contribution in [2.45, 2.75) is 32.1 Å². The van der Waals surface area contributed by atoms with Crippen LogP contribution >= 0.6 is 0 Å². The smallest absolute Gasteiger partial charge is 0.147 e. The Hall–Kier alpha value is -0.0900. The van der Waals surface area contributed by atoms with E-state index in [1.54, 1.807) is 0 Å². The first-order valence-electron chi connectivity index (χ1n) is 5.82. The number of fused-ring (bicyclic) bond motifs is 1. The molecule has 15 heavy (non-hydrogen) atoms. The topological polar surface area (TPSA) is 60.2 Å². The van der Waals surface area contributed by atoms with Crippen molar-refractivity contribution in [2.24, 2.45) is 23.0 Å². The average Bonchev–Trinajstić information content (AvgIpc) is 2.73. The predicted octanol–water partition coefficient (Wildman–Crippen LogP) is 1.19. The van der Waals surface area contributed by atoms with E-state index in [1.807, 2.05) is 0 Å². The van der Waals surface area contributed by atoms with Crippen LogP contribution in [0, 0.1) is 17.3 Å². The Balaban J connectivity index is 1.82. The average molecular weight is 231 g/mol. The molecule has 0 aromatic heterocycles. The Labute approximate surface area is 92.3 Å². The highest BCUT2D eigenvalue weighted by atomic mass is 32.2. The van der Waals surface area contributed by atoms with Gasteiger partial charge in [-0.25, -0.2) is 8.42 Å². The van der Waals surface area contributed by atoms with Crippen LogP contribution in [0.25, 0.3) is 0 Å². The van der Waals surface area contributed by atoms with E-state index in [2.05, 4.69) is 0 Å². The van der Waals surface area contributed by atoms with Crippen LogP contribution in [0.1, 0.15) is 32.1 Å². The van der Waals surface area contributed by atoms with Crippen LogP contribution in [-0.4, -0.2) is 27.0 Å². The molecule has 0 aliphatic heterocycles. The third kappa shape index (κ3) is 2.72. The van der Waals surface area contributed by atoms with E-state index < -0.39 is 9.84 Å². The molecule has 3 nitrogen and oxygen atoms in total. The Morgan fingerprint density at radius 1 is 1.33 bits per heavy atom. The van der Waals surface area contributed by atoms with Crippen molar-refractivity contribution in [3.63, 3.8) is 0 Å². The SMILES string of the molecule is CS(=O)(=O)CCCC1(CN)CC2CC2C1. The van der Waals surface area contributed by atoms with Gasteiger partial charge < -0.3 is 5.73 Å². The summed E-state index contributed by atoms with van der Waals surface area (Å²) in [6, 6.07) is 0. The molecule has 2 N–H and O–H groups in total. The molecule has 2 saturated carbocycles. The highest BCUT2D eigenvalue weighted by Crippen LogP contribution is 2.60. The molecular formula is C11H21NO2S. The van der Waals surface area contributed by atoms with Gasteiger partial charge in [-0.1, -0.05) is 0 Å². The van der Waals surface area contributed by atoms with Gasteiger partial charge in [0.05, 0.1) is 0 Å². The minimum atomic E-state index is -2.79. The maximum atomic E-state index is 11.0. The molecule has 2 unspecified atom stereocenters. The van der Waals surface area contributed by atoms with Gasteiger partial charge in [0.25, 0.3) is 0 Å². The van der Waals surface area contributed by atoms with Gasteiger partial charge in [0.1, 0.15) is 9.84 Å². The van der Waals surface area contributed by atoms with Crippen LogP contribution in [0.4, 0.5) is 0 Å². The van der Waals surface area contributed by atoms with E-state index in [0.717, 1.165) is 31.2 Å².